The number of carboxylic acid groups (broad SMARTS) is 1. The van der Waals surface area contributed by atoms with E-state index >= 15 is 0 Å². The van der Waals surface area contributed by atoms with Crippen LogP contribution >= 0.6 is 0 Å². The lowest BCUT2D eigenvalue weighted by Gasteiger charge is -2.07. The van der Waals surface area contributed by atoms with Crippen LogP contribution in [-0.2, 0) is 13.1 Å². The summed E-state index contributed by atoms with van der Waals surface area (Å²) in [6, 6.07) is 15.7. The molecule has 0 aliphatic carbocycles. The minimum absolute atomic E-state index is 0.0932. The molecule has 2 aromatic carbocycles. The van der Waals surface area contributed by atoms with Crippen molar-refractivity contribution in [3.63, 3.8) is 0 Å². The van der Waals surface area contributed by atoms with Gasteiger partial charge in [0.25, 0.3) is 5.91 Å². The third kappa shape index (κ3) is 4.32. The van der Waals surface area contributed by atoms with Crippen molar-refractivity contribution >= 4 is 11.9 Å². The van der Waals surface area contributed by atoms with Crippen LogP contribution in [0.25, 0.3) is 0 Å². The summed E-state index contributed by atoms with van der Waals surface area (Å²) in [5, 5.41) is 15.9. The zero-order valence-corrected chi connectivity index (χ0v) is 13.4. The number of carbonyl (C=O) groups excluding carboxylic acids is 1. The zero-order chi connectivity index (χ0) is 17.6. The van der Waals surface area contributed by atoms with Crippen LogP contribution in [-0.4, -0.2) is 26.8 Å². The van der Waals surface area contributed by atoms with Gasteiger partial charge < -0.3 is 10.4 Å². The van der Waals surface area contributed by atoms with E-state index in [1.54, 1.807) is 18.3 Å². The molecular formula is C19H17N3O3. The highest BCUT2D eigenvalue weighted by Crippen LogP contribution is 2.08. The fourth-order valence-corrected chi connectivity index (χ4v) is 2.42. The Morgan fingerprint density at radius 1 is 1.00 bits per heavy atom. The quantitative estimate of drug-likeness (QED) is 0.725. The summed E-state index contributed by atoms with van der Waals surface area (Å²) < 4.78 is 1.84. The Morgan fingerprint density at radius 2 is 1.72 bits per heavy atom. The van der Waals surface area contributed by atoms with Crippen molar-refractivity contribution < 1.29 is 14.7 Å². The Labute approximate surface area is 144 Å². The van der Waals surface area contributed by atoms with E-state index in [-0.39, 0.29) is 11.5 Å². The first-order chi connectivity index (χ1) is 12.1. The molecular weight excluding hydrogens is 318 g/mol. The molecule has 25 heavy (non-hydrogen) atoms. The molecule has 1 aromatic heterocycles. The summed E-state index contributed by atoms with van der Waals surface area (Å²) >= 11 is 0. The number of nitrogens with one attached hydrogen (secondary N) is 1. The predicted molar refractivity (Wildman–Crippen MR) is 92.3 cm³/mol. The van der Waals surface area contributed by atoms with E-state index in [0.717, 1.165) is 11.1 Å². The Bertz CT molecular complexity index is 871. The molecule has 0 radical (unpaired) electrons. The number of amides is 1. The molecule has 0 unspecified atom stereocenters. The molecule has 1 heterocycles. The molecule has 2 N–H and O–H groups in total. The maximum atomic E-state index is 12.2. The topological polar surface area (TPSA) is 84.2 Å². The summed E-state index contributed by atoms with van der Waals surface area (Å²) in [5.41, 5.74) is 2.51. The lowest BCUT2D eigenvalue weighted by molar-refractivity contribution is 0.0697. The number of nitrogens with zero attached hydrogens (tertiary/aromatic N) is 2. The summed E-state index contributed by atoms with van der Waals surface area (Å²) in [6.45, 7) is 1.07. The second kappa shape index (κ2) is 7.44. The number of carbonyl (C=O) groups is 2. The summed E-state index contributed by atoms with van der Waals surface area (Å²) in [7, 11) is 0. The highest BCUT2D eigenvalue weighted by molar-refractivity contribution is 5.97. The summed E-state index contributed by atoms with van der Waals surface area (Å²) in [5.74, 6) is -1.36. The molecule has 0 aliphatic rings. The largest absolute Gasteiger partial charge is 0.478 e. The van der Waals surface area contributed by atoms with E-state index < -0.39 is 5.97 Å². The SMILES string of the molecule is O=C(O)c1cccc(C(=O)NCc2ccc(Cn3cccn3)cc2)c1. The van der Waals surface area contributed by atoms with Crippen molar-refractivity contribution in [1.82, 2.24) is 15.1 Å². The lowest BCUT2D eigenvalue weighted by Crippen LogP contribution is -2.23. The maximum absolute atomic E-state index is 12.2. The van der Waals surface area contributed by atoms with Crippen LogP contribution in [0.1, 0.15) is 31.8 Å². The molecule has 6 nitrogen and oxygen atoms in total. The molecule has 0 aliphatic heterocycles. The highest BCUT2D eigenvalue weighted by atomic mass is 16.4. The van der Waals surface area contributed by atoms with Gasteiger partial charge in [0.15, 0.2) is 0 Å². The molecule has 1 amide bonds. The monoisotopic (exact) mass is 335 g/mol. The molecule has 0 fully saturated rings. The third-order valence-corrected chi connectivity index (χ3v) is 3.75. The van der Waals surface area contributed by atoms with Crippen LogP contribution in [0.2, 0.25) is 0 Å². The minimum Gasteiger partial charge on any atom is -0.478 e. The minimum atomic E-state index is -1.05. The van der Waals surface area contributed by atoms with Gasteiger partial charge in [-0.15, -0.1) is 0 Å². The molecule has 0 atom stereocenters. The fourth-order valence-electron chi connectivity index (χ4n) is 2.42. The third-order valence-electron chi connectivity index (χ3n) is 3.75. The normalized spacial score (nSPS) is 10.4. The van der Waals surface area contributed by atoms with E-state index in [0.29, 0.717) is 18.7 Å². The second-order valence-corrected chi connectivity index (χ2v) is 5.59. The number of hydrogen-bond acceptors (Lipinski definition) is 3. The number of aromatic nitrogens is 2. The maximum Gasteiger partial charge on any atom is 0.335 e. The lowest BCUT2D eigenvalue weighted by atomic mass is 10.1. The van der Waals surface area contributed by atoms with Gasteiger partial charge in [0, 0.05) is 24.5 Å². The highest BCUT2D eigenvalue weighted by Gasteiger charge is 2.09. The van der Waals surface area contributed by atoms with Gasteiger partial charge in [-0.2, -0.15) is 5.10 Å². The van der Waals surface area contributed by atoms with Crippen molar-refractivity contribution in [3.05, 3.63) is 89.2 Å². The van der Waals surface area contributed by atoms with Gasteiger partial charge in [0.1, 0.15) is 0 Å². The van der Waals surface area contributed by atoms with E-state index in [9.17, 15) is 9.59 Å². The standard InChI is InChI=1S/C19H17N3O3/c23-18(16-3-1-4-17(11-16)19(24)25)20-12-14-5-7-15(8-6-14)13-22-10-2-9-21-22/h1-11H,12-13H2,(H,20,23)(H,24,25). The molecule has 3 rings (SSSR count). The van der Waals surface area contributed by atoms with Crippen LogP contribution in [0.4, 0.5) is 0 Å². The molecule has 0 saturated carbocycles. The van der Waals surface area contributed by atoms with Crippen LogP contribution in [0.5, 0.6) is 0 Å². The van der Waals surface area contributed by atoms with E-state index in [4.69, 9.17) is 5.11 Å². The van der Waals surface area contributed by atoms with Gasteiger partial charge in [-0.3, -0.25) is 9.48 Å². The number of aromatic carboxylic acids is 1. The van der Waals surface area contributed by atoms with Crippen molar-refractivity contribution in [1.29, 1.82) is 0 Å². The van der Waals surface area contributed by atoms with Crippen molar-refractivity contribution in [2.75, 3.05) is 0 Å². The van der Waals surface area contributed by atoms with Crippen molar-refractivity contribution in [2.45, 2.75) is 13.1 Å². The Kier molecular flexibility index (Phi) is 4.89. The van der Waals surface area contributed by atoms with E-state index in [1.165, 1.54) is 12.1 Å². The van der Waals surface area contributed by atoms with Crippen LogP contribution in [0.15, 0.2) is 67.0 Å². The zero-order valence-electron chi connectivity index (χ0n) is 13.4. The van der Waals surface area contributed by atoms with E-state index in [2.05, 4.69) is 10.4 Å². The molecule has 0 spiro atoms. The number of rotatable bonds is 6. The second-order valence-electron chi connectivity index (χ2n) is 5.59. The van der Waals surface area contributed by atoms with E-state index in [1.807, 2.05) is 41.2 Å². The molecule has 0 bridgehead atoms. The molecule has 126 valence electrons. The Balaban J connectivity index is 1.58. The van der Waals surface area contributed by atoms with Crippen molar-refractivity contribution in [3.8, 4) is 0 Å². The van der Waals surface area contributed by atoms with Gasteiger partial charge >= 0.3 is 5.97 Å². The smallest absolute Gasteiger partial charge is 0.335 e. The first-order valence-electron chi connectivity index (χ1n) is 7.78. The summed E-state index contributed by atoms with van der Waals surface area (Å²) in [4.78, 5) is 23.1. The number of carboxylic acids is 1. The van der Waals surface area contributed by atoms with Gasteiger partial charge in [0.2, 0.25) is 0 Å². The average Bonchev–Trinajstić information content (AvgIpc) is 3.14. The van der Waals surface area contributed by atoms with Crippen LogP contribution in [0.3, 0.4) is 0 Å². The Morgan fingerprint density at radius 3 is 2.40 bits per heavy atom. The first kappa shape index (κ1) is 16.4. The van der Waals surface area contributed by atoms with Crippen LogP contribution in [0, 0.1) is 0 Å². The molecule has 6 heteroatoms. The average molecular weight is 335 g/mol. The van der Waals surface area contributed by atoms with Gasteiger partial charge in [-0.05, 0) is 35.4 Å². The van der Waals surface area contributed by atoms with Gasteiger partial charge in [-0.25, -0.2) is 4.79 Å². The van der Waals surface area contributed by atoms with Crippen LogP contribution < -0.4 is 5.32 Å². The molecule has 0 saturated heterocycles. The predicted octanol–water partition coefficient (Wildman–Crippen LogP) is 2.56. The number of benzene rings is 2. The van der Waals surface area contributed by atoms with Gasteiger partial charge in [-0.1, -0.05) is 30.3 Å². The fraction of sp³-hybridized carbons (Fsp3) is 0.105. The summed E-state index contributed by atoms with van der Waals surface area (Å²) in [6.07, 6.45) is 3.64. The van der Waals surface area contributed by atoms with Gasteiger partial charge in [0.05, 0.1) is 12.1 Å². The number of hydrogen-bond donors (Lipinski definition) is 2. The molecule has 3 aromatic rings. The first-order valence-corrected chi connectivity index (χ1v) is 7.78. The van der Waals surface area contributed by atoms with Crippen molar-refractivity contribution in [2.24, 2.45) is 0 Å². The Hall–Kier alpha value is -3.41.